The number of carbonyl (C=O) groups is 1. The van der Waals surface area contributed by atoms with Crippen LogP contribution in [0.1, 0.15) is 13.8 Å². The third kappa shape index (κ3) is 3.87. The molecule has 0 spiro atoms. The van der Waals surface area contributed by atoms with Gasteiger partial charge in [-0.1, -0.05) is 11.6 Å². The zero-order chi connectivity index (χ0) is 13.9. The molecule has 0 bridgehead atoms. The van der Waals surface area contributed by atoms with Crippen molar-refractivity contribution in [2.24, 2.45) is 5.41 Å². The normalized spacial score (nSPS) is 11.2. The van der Waals surface area contributed by atoms with Crippen LogP contribution in [0.25, 0.3) is 0 Å². The highest BCUT2D eigenvalue weighted by Crippen LogP contribution is 2.35. The van der Waals surface area contributed by atoms with Gasteiger partial charge in [0.1, 0.15) is 0 Å². The van der Waals surface area contributed by atoms with Gasteiger partial charge in [0.15, 0.2) is 0 Å². The van der Waals surface area contributed by atoms with Gasteiger partial charge in [-0.15, -0.1) is 0 Å². The molecule has 18 heavy (non-hydrogen) atoms. The smallest absolute Gasteiger partial charge is 0.313 e. The largest absolute Gasteiger partial charge is 0.469 e. The highest BCUT2D eigenvalue weighted by molar-refractivity contribution is 9.11. The molecule has 0 unspecified atom stereocenters. The van der Waals surface area contributed by atoms with E-state index in [0.717, 1.165) is 14.6 Å². The van der Waals surface area contributed by atoms with Gasteiger partial charge in [0.25, 0.3) is 0 Å². The van der Waals surface area contributed by atoms with Crippen LogP contribution in [0.5, 0.6) is 0 Å². The van der Waals surface area contributed by atoms with Crippen molar-refractivity contribution in [2.45, 2.75) is 13.8 Å². The molecule has 100 valence electrons. The second kappa shape index (κ2) is 6.26. The predicted octanol–water partition coefficient (Wildman–Crippen LogP) is 4.48. The first-order chi connectivity index (χ1) is 8.27. The third-order valence-corrected chi connectivity index (χ3v) is 3.92. The molecule has 0 atom stereocenters. The first kappa shape index (κ1) is 15.8. The summed E-state index contributed by atoms with van der Waals surface area (Å²) in [5, 5.41) is 3.84. The van der Waals surface area contributed by atoms with E-state index in [-0.39, 0.29) is 5.97 Å². The number of halogens is 3. The number of benzene rings is 1. The zero-order valence-electron chi connectivity index (χ0n) is 10.3. The van der Waals surface area contributed by atoms with Gasteiger partial charge in [-0.2, -0.15) is 0 Å². The third-order valence-electron chi connectivity index (χ3n) is 2.45. The van der Waals surface area contributed by atoms with Gasteiger partial charge in [-0.25, -0.2) is 0 Å². The zero-order valence-corrected chi connectivity index (χ0v) is 14.2. The topological polar surface area (TPSA) is 38.3 Å². The van der Waals surface area contributed by atoms with E-state index >= 15 is 0 Å². The summed E-state index contributed by atoms with van der Waals surface area (Å²) in [6.45, 7) is 4.10. The van der Waals surface area contributed by atoms with Crippen molar-refractivity contribution in [1.82, 2.24) is 0 Å². The van der Waals surface area contributed by atoms with E-state index in [2.05, 4.69) is 37.2 Å². The molecule has 1 aromatic rings. The molecule has 0 aliphatic rings. The number of rotatable bonds is 4. The quantitative estimate of drug-likeness (QED) is 0.759. The van der Waals surface area contributed by atoms with Crippen LogP contribution in [0, 0.1) is 5.41 Å². The van der Waals surface area contributed by atoms with Crippen LogP contribution in [0.2, 0.25) is 5.02 Å². The van der Waals surface area contributed by atoms with Crippen molar-refractivity contribution in [3.05, 3.63) is 26.1 Å². The van der Waals surface area contributed by atoms with Crippen LogP contribution in [-0.2, 0) is 9.53 Å². The van der Waals surface area contributed by atoms with Crippen LogP contribution in [0.15, 0.2) is 21.1 Å². The highest BCUT2D eigenvalue weighted by atomic mass is 79.9. The number of anilines is 1. The Morgan fingerprint density at radius 2 is 1.89 bits per heavy atom. The minimum absolute atomic E-state index is 0.254. The molecule has 1 aromatic carbocycles. The Bertz CT molecular complexity index is 440. The molecular formula is C12H14Br2ClNO2. The summed E-state index contributed by atoms with van der Waals surface area (Å²) in [5.41, 5.74) is 0.254. The van der Waals surface area contributed by atoms with Crippen molar-refractivity contribution in [2.75, 3.05) is 19.0 Å². The molecular weight excluding hydrogens is 385 g/mol. The lowest BCUT2D eigenvalue weighted by molar-refractivity contribution is -0.149. The van der Waals surface area contributed by atoms with Gasteiger partial charge in [-0.3, -0.25) is 4.79 Å². The van der Waals surface area contributed by atoms with Gasteiger partial charge in [0.2, 0.25) is 0 Å². The first-order valence-corrected chi connectivity index (χ1v) is 7.21. The molecule has 0 aliphatic carbocycles. The van der Waals surface area contributed by atoms with Gasteiger partial charge in [-0.05, 0) is 57.8 Å². The Morgan fingerprint density at radius 3 is 2.33 bits per heavy atom. The maximum absolute atomic E-state index is 11.6. The van der Waals surface area contributed by atoms with Crippen molar-refractivity contribution < 1.29 is 9.53 Å². The number of carbonyl (C=O) groups excluding carboxylic acids is 1. The molecule has 0 aromatic heterocycles. The maximum Gasteiger partial charge on any atom is 0.313 e. The molecule has 0 saturated heterocycles. The fraction of sp³-hybridized carbons (Fsp3) is 0.417. The standard InChI is InChI=1S/C12H14Br2ClNO2/c1-12(2,11(17)18-3)6-16-10-8(13)4-7(15)5-9(10)14/h4-5,16H,6H2,1-3H3. The van der Waals surface area contributed by atoms with Gasteiger partial charge < -0.3 is 10.1 Å². The van der Waals surface area contributed by atoms with Crippen LogP contribution < -0.4 is 5.32 Å². The molecule has 0 aliphatic heterocycles. The van der Waals surface area contributed by atoms with E-state index < -0.39 is 5.41 Å². The Kier molecular flexibility index (Phi) is 5.49. The van der Waals surface area contributed by atoms with E-state index in [9.17, 15) is 4.79 Å². The molecule has 1 rings (SSSR count). The van der Waals surface area contributed by atoms with E-state index in [1.165, 1.54) is 7.11 Å². The van der Waals surface area contributed by atoms with Gasteiger partial charge in [0, 0.05) is 20.5 Å². The average Bonchev–Trinajstić information content (AvgIpc) is 2.26. The number of hydrogen-bond donors (Lipinski definition) is 1. The monoisotopic (exact) mass is 397 g/mol. The van der Waals surface area contributed by atoms with E-state index in [1.54, 1.807) is 12.1 Å². The molecule has 3 nitrogen and oxygen atoms in total. The Labute approximate surface area is 128 Å². The Hall–Kier alpha value is -0.260. The molecule has 0 amide bonds. The van der Waals surface area contributed by atoms with Crippen LogP contribution in [0.4, 0.5) is 5.69 Å². The van der Waals surface area contributed by atoms with E-state index in [1.807, 2.05) is 13.8 Å². The summed E-state index contributed by atoms with van der Waals surface area (Å²) in [7, 11) is 1.39. The molecule has 0 heterocycles. The van der Waals surface area contributed by atoms with Crippen LogP contribution in [0.3, 0.4) is 0 Å². The Balaban J connectivity index is 2.84. The number of nitrogens with one attached hydrogen (secondary N) is 1. The number of methoxy groups -OCH3 is 1. The predicted molar refractivity (Wildman–Crippen MR) is 81.1 cm³/mol. The summed E-state index contributed by atoms with van der Waals surface area (Å²) in [4.78, 5) is 11.6. The summed E-state index contributed by atoms with van der Waals surface area (Å²) in [5.74, 6) is -0.254. The van der Waals surface area contributed by atoms with Crippen LogP contribution in [-0.4, -0.2) is 19.6 Å². The first-order valence-electron chi connectivity index (χ1n) is 5.25. The molecule has 0 saturated carbocycles. The lowest BCUT2D eigenvalue weighted by Crippen LogP contribution is -2.33. The van der Waals surface area contributed by atoms with Crippen molar-refractivity contribution in [3.63, 3.8) is 0 Å². The van der Waals surface area contributed by atoms with Crippen molar-refractivity contribution in [1.29, 1.82) is 0 Å². The molecule has 6 heteroatoms. The number of esters is 1. The molecule has 0 radical (unpaired) electrons. The van der Waals surface area contributed by atoms with Gasteiger partial charge >= 0.3 is 5.97 Å². The van der Waals surface area contributed by atoms with Crippen molar-refractivity contribution in [3.8, 4) is 0 Å². The summed E-state index contributed by atoms with van der Waals surface area (Å²) >= 11 is 12.8. The Morgan fingerprint density at radius 1 is 1.39 bits per heavy atom. The van der Waals surface area contributed by atoms with Crippen molar-refractivity contribution >= 4 is 55.1 Å². The second-order valence-corrected chi connectivity index (χ2v) is 6.62. The second-order valence-electron chi connectivity index (χ2n) is 4.47. The maximum atomic E-state index is 11.6. The SMILES string of the molecule is COC(=O)C(C)(C)CNc1c(Br)cc(Cl)cc1Br. The summed E-state index contributed by atoms with van der Waals surface area (Å²) in [6.07, 6.45) is 0. The summed E-state index contributed by atoms with van der Waals surface area (Å²) in [6, 6.07) is 3.58. The lowest BCUT2D eigenvalue weighted by Gasteiger charge is -2.23. The molecule has 1 N–H and O–H groups in total. The minimum Gasteiger partial charge on any atom is -0.469 e. The number of ether oxygens (including phenoxy) is 1. The van der Waals surface area contributed by atoms with Crippen LogP contribution >= 0.6 is 43.5 Å². The average molecular weight is 400 g/mol. The minimum atomic E-state index is -0.604. The number of hydrogen-bond acceptors (Lipinski definition) is 3. The van der Waals surface area contributed by atoms with Gasteiger partial charge in [0.05, 0.1) is 18.2 Å². The summed E-state index contributed by atoms with van der Waals surface area (Å²) < 4.78 is 6.43. The lowest BCUT2D eigenvalue weighted by atomic mass is 9.93. The fourth-order valence-electron chi connectivity index (χ4n) is 1.37. The van der Waals surface area contributed by atoms with E-state index in [4.69, 9.17) is 16.3 Å². The van der Waals surface area contributed by atoms with E-state index in [0.29, 0.717) is 11.6 Å². The molecule has 0 fully saturated rings. The fourth-order valence-corrected chi connectivity index (χ4v) is 3.32. The highest BCUT2D eigenvalue weighted by Gasteiger charge is 2.28.